The van der Waals surface area contributed by atoms with Crippen molar-refractivity contribution in [2.75, 3.05) is 25.5 Å². The zero-order chi connectivity index (χ0) is 16.5. The molecule has 3 aromatic rings. The molecule has 0 spiro atoms. The van der Waals surface area contributed by atoms with Crippen LogP contribution in [0, 0.1) is 0 Å². The van der Waals surface area contributed by atoms with Gasteiger partial charge in [0.15, 0.2) is 5.65 Å². The maximum atomic E-state index is 12.4. The zero-order valence-corrected chi connectivity index (χ0v) is 13.0. The Morgan fingerprint density at radius 3 is 3.21 bits per heavy atom. The highest BCUT2D eigenvalue weighted by atomic mass is 16.5. The van der Waals surface area contributed by atoms with Gasteiger partial charge >= 0.3 is 0 Å². The number of nitrogens with zero attached hydrogens (tertiary/aromatic N) is 5. The molecular formula is C15H16N6O3. The number of carbonyl (C=O) groups is 1. The molecule has 1 saturated heterocycles. The van der Waals surface area contributed by atoms with Gasteiger partial charge in [-0.2, -0.15) is 0 Å². The van der Waals surface area contributed by atoms with E-state index in [-0.39, 0.29) is 17.7 Å². The molecule has 0 aliphatic carbocycles. The van der Waals surface area contributed by atoms with Gasteiger partial charge in [0.25, 0.3) is 11.8 Å². The second-order valence-corrected chi connectivity index (χ2v) is 5.56. The average Bonchev–Trinajstić information content (AvgIpc) is 3.34. The third-order valence-corrected chi connectivity index (χ3v) is 3.99. The van der Waals surface area contributed by atoms with Crippen LogP contribution in [0.5, 0.6) is 5.88 Å². The van der Waals surface area contributed by atoms with Crippen LogP contribution in [-0.4, -0.2) is 56.8 Å². The lowest BCUT2D eigenvalue weighted by atomic mass is 10.2. The molecule has 1 amide bonds. The van der Waals surface area contributed by atoms with Gasteiger partial charge in [-0.15, -0.1) is 5.10 Å². The van der Waals surface area contributed by atoms with Gasteiger partial charge in [-0.25, -0.2) is 9.50 Å². The first-order valence-electron chi connectivity index (χ1n) is 7.60. The standard InChI is InChI=1S/C15H16N6O3/c1-23-14-8-11(24-19-14)15(22)20-6-4-10(9-20)17-12-2-3-13-16-5-7-21(13)18-12/h2-3,5,7-8,10H,4,6,9H2,1H3,(H,17,18). The summed E-state index contributed by atoms with van der Waals surface area (Å²) in [5.74, 6) is 1.05. The van der Waals surface area contributed by atoms with E-state index in [1.54, 1.807) is 21.8 Å². The van der Waals surface area contributed by atoms with Crippen molar-refractivity contribution < 1.29 is 14.1 Å². The molecule has 1 atom stereocenters. The first kappa shape index (κ1) is 14.5. The molecule has 1 aliphatic heterocycles. The highest BCUT2D eigenvalue weighted by molar-refractivity contribution is 5.91. The molecule has 1 aliphatic rings. The summed E-state index contributed by atoms with van der Waals surface area (Å²) < 4.78 is 11.7. The minimum Gasteiger partial charge on any atom is -0.479 e. The predicted molar refractivity (Wildman–Crippen MR) is 84.0 cm³/mol. The van der Waals surface area contributed by atoms with Crippen LogP contribution >= 0.6 is 0 Å². The van der Waals surface area contributed by atoms with Gasteiger partial charge < -0.3 is 19.5 Å². The lowest BCUT2D eigenvalue weighted by molar-refractivity contribution is 0.0750. The Morgan fingerprint density at radius 1 is 1.46 bits per heavy atom. The molecule has 0 saturated carbocycles. The number of amides is 1. The molecular weight excluding hydrogens is 312 g/mol. The lowest BCUT2D eigenvalue weighted by Gasteiger charge is -2.15. The summed E-state index contributed by atoms with van der Waals surface area (Å²) in [6.07, 6.45) is 4.33. The molecule has 3 aromatic heterocycles. The molecule has 124 valence electrons. The van der Waals surface area contributed by atoms with Crippen LogP contribution in [0.1, 0.15) is 17.0 Å². The van der Waals surface area contributed by atoms with Crippen molar-refractivity contribution in [1.82, 2.24) is 24.7 Å². The number of aromatic nitrogens is 4. The highest BCUT2D eigenvalue weighted by Crippen LogP contribution is 2.19. The van der Waals surface area contributed by atoms with E-state index in [1.165, 1.54) is 13.2 Å². The Labute approximate surface area is 137 Å². The largest absolute Gasteiger partial charge is 0.479 e. The Bertz CT molecular complexity index is 873. The second-order valence-electron chi connectivity index (χ2n) is 5.56. The number of fused-ring (bicyclic) bond motifs is 1. The van der Waals surface area contributed by atoms with E-state index >= 15 is 0 Å². The Balaban J connectivity index is 1.41. The normalized spacial score (nSPS) is 17.4. The van der Waals surface area contributed by atoms with Crippen molar-refractivity contribution >= 4 is 17.4 Å². The molecule has 4 heterocycles. The van der Waals surface area contributed by atoms with Crippen LogP contribution in [0.15, 0.2) is 35.1 Å². The van der Waals surface area contributed by atoms with Crippen molar-refractivity contribution in [1.29, 1.82) is 0 Å². The molecule has 9 nitrogen and oxygen atoms in total. The van der Waals surface area contributed by atoms with E-state index < -0.39 is 0 Å². The molecule has 1 fully saturated rings. The monoisotopic (exact) mass is 328 g/mol. The summed E-state index contributed by atoms with van der Waals surface area (Å²) >= 11 is 0. The van der Waals surface area contributed by atoms with Gasteiger partial charge in [0, 0.05) is 31.5 Å². The lowest BCUT2D eigenvalue weighted by Crippen LogP contribution is -2.31. The summed E-state index contributed by atoms with van der Waals surface area (Å²) in [4.78, 5) is 18.3. The molecule has 4 rings (SSSR count). The van der Waals surface area contributed by atoms with Gasteiger partial charge in [-0.3, -0.25) is 4.79 Å². The van der Waals surface area contributed by atoms with Crippen LogP contribution in [0.2, 0.25) is 0 Å². The number of anilines is 1. The van der Waals surface area contributed by atoms with E-state index in [0.717, 1.165) is 17.9 Å². The SMILES string of the molecule is COc1cc(C(=O)N2CCC(Nc3ccc4nccn4n3)C2)on1. The number of rotatable bonds is 4. The molecule has 0 radical (unpaired) electrons. The summed E-state index contributed by atoms with van der Waals surface area (Å²) in [7, 11) is 1.48. The summed E-state index contributed by atoms with van der Waals surface area (Å²) in [6.45, 7) is 1.22. The molecule has 9 heteroatoms. The number of hydrogen-bond donors (Lipinski definition) is 1. The summed E-state index contributed by atoms with van der Waals surface area (Å²) in [5, 5.41) is 11.4. The number of imidazole rings is 1. The summed E-state index contributed by atoms with van der Waals surface area (Å²) in [5.41, 5.74) is 0.794. The van der Waals surface area contributed by atoms with Crippen molar-refractivity contribution in [2.45, 2.75) is 12.5 Å². The fourth-order valence-electron chi connectivity index (χ4n) is 2.78. The van der Waals surface area contributed by atoms with Gasteiger partial charge in [0.1, 0.15) is 5.82 Å². The Morgan fingerprint density at radius 2 is 2.38 bits per heavy atom. The first-order valence-corrected chi connectivity index (χ1v) is 7.60. The number of hydrogen-bond acceptors (Lipinski definition) is 7. The van der Waals surface area contributed by atoms with Crippen LogP contribution in [0.4, 0.5) is 5.82 Å². The smallest absolute Gasteiger partial charge is 0.292 e. The van der Waals surface area contributed by atoms with Crippen molar-refractivity contribution in [3.8, 4) is 5.88 Å². The zero-order valence-electron chi connectivity index (χ0n) is 13.0. The summed E-state index contributed by atoms with van der Waals surface area (Å²) in [6, 6.07) is 5.41. The fourth-order valence-corrected chi connectivity index (χ4v) is 2.78. The van der Waals surface area contributed by atoms with E-state index in [1.807, 2.05) is 12.1 Å². The second kappa shape index (κ2) is 5.84. The Kier molecular flexibility index (Phi) is 3.52. The minimum absolute atomic E-state index is 0.132. The quantitative estimate of drug-likeness (QED) is 0.764. The van der Waals surface area contributed by atoms with Crippen molar-refractivity contribution in [2.24, 2.45) is 0 Å². The van der Waals surface area contributed by atoms with Gasteiger partial charge in [-0.05, 0) is 23.7 Å². The maximum Gasteiger partial charge on any atom is 0.292 e. The third-order valence-electron chi connectivity index (χ3n) is 3.99. The van der Waals surface area contributed by atoms with Crippen LogP contribution < -0.4 is 10.1 Å². The van der Waals surface area contributed by atoms with Gasteiger partial charge in [0.05, 0.1) is 13.2 Å². The van der Waals surface area contributed by atoms with Crippen LogP contribution in [-0.2, 0) is 0 Å². The average molecular weight is 328 g/mol. The molecule has 24 heavy (non-hydrogen) atoms. The molecule has 0 aromatic carbocycles. The third kappa shape index (κ3) is 2.64. The topological polar surface area (TPSA) is 97.8 Å². The van der Waals surface area contributed by atoms with Gasteiger partial charge in [-0.1, -0.05) is 0 Å². The molecule has 0 bridgehead atoms. The van der Waals surface area contributed by atoms with E-state index in [0.29, 0.717) is 19.0 Å². The molecule has 1 N–H and O–H groups in total. The number of ether oxygens (including phenoxy) is 1. The number of methoxy groups -OCH3 is 1. The maximum absolute atomic E-state index is 12.4. The van der Waals surface area contributed by atoms with E-state index in [9.17, 15) is 4.79 Å². The van der Waals surface area contributed by atoms with Crippen molar-refractivity contribution in [3.05, 3.63) is 36.4 Å². The van der Waals surface area contributed by atoms with E-state index in [4.69, 9.17) is 9.26 Å². The number of nitrogens with one attached hydrogen (secondary N) is 1. The Hall–Kier alpha value is -3.10. The van der Waals surface area contributed by atoms with Gasteiger partial charge in [0.2, 0.25) is 5.76 Å². The predicted octanol–water partition coefficient (Wildman–Crippen LogP) is 1.05. The molecule has 1 unspecified atom stereocenters. The highest BCUT2D eigenvalue weighted by Gasteiger charge is 2.29. The van der Waals surface area contributed by atoms with Crippen molar-refractivity contribution in [3.63, 3.8) is 0 Å². The van der Waals surface area contributed by atoms with Crippen LogP contribution in [0.25, 0.3) is 5.65 Å². The fraction of sp³-hybridized carbons (Fsp3) is 0.333. The number of likely N-dealkylation sites (tertiary alicyclic amines) is 1. The minimum atomic E-state index is -0.187. The van der Waals surface area contributed by atoms with E-state index in [2.05, 4.69) is 20.6 Å². The van der Waals surface area contributed by atoms with Crippen LogP contribution in [0.3, 0.4) is 0 Å². The number of carbonyl (C=O) groups excluding carboxylic acids is 1. The first-order chi connectivity index (χ1) is 11.7.